The Balaban J connectivity index is 0.00000364. The normalized spacial score (nSPS) is 21.0. The number of guanidine groups is 1. The summed E-state index contributed by atoms with van der Waals surface area (Å²) in [6, 6.07) is 0. The Morgan fingerprint density at radius 1 is 1.15 bits per heavy atom. The summed E-state index contributed by atoms with van der Waals surface area (Å²) in [6.07, 6.45) is 2.49. The minimum Gasteiger partial charge on any atom is -0.383 e. The fourth-order valence-corrected chi connectivity index (χ4v) is 3.68. The highest BCUT2D eigenvalue weighted by atomic mass is 127. The molecule has 160 valence electrons. The van der Waals surface area contributed by atoms with E-state index in [0.717, 1.165) is 64.4 Å². The van der Waals surface area contributed by atoms with Crippen LogP contribution in [-0.2, 0) is 9.47 Å². The van der Waals surface area contributed by atoms with Gasteiger partial charge in [-0.25, -0.2) is 0 Å². The quantitative estimate of drug-likeness (QED) is 0.299. The van der Waals surface area contributed by atoms with Crippen molar-refractivity contribution >= 4 is 29.9 Å². The van der Waals surface area contributed by atoms with Gasteiger partial charge in [0.05, 0.1) is 19.8 Å². The second kappa shape index (κ2) is 13.1. The molecule has 2 fully saturated rings. The minimum atomic E-state index is 0. The maximum absolute atomic E-state index is 5.47. The van der Waals surface area contributed by atoms with E-state index in [1.165, 1.54) is 25.9 Å². The van der Waals surface area contributed by atoms with Crippen LogP contribution >= 0.6 is 24.0 Å². The molecule has 2 aliphatic rings. The maximum Gasteiger partial charge on any atom is 0.191 e. The van der Waals surface area contributed by atoms with Crippen LogP contribution in [0.5, 0.6) is 0 Å². The molecular formula is C19H40IN5O2. The first-order valence-corrected chi connectivity index (χ1v) is 10.0. The van der Waals surface area contributed by atoms with E-state index >= 15 is 0 Å². The van der Waals surface area contributed by atoms with Crippen LogP contribution in [0.1, 0.15) is 26.7 Å². The second-order valence-electron chi connectivity index (χ2n) is 8.00. The van der Waals surface area contributed by atoms with Crippen molar-refractivity contribution in [2.45, 2.75) is 32.2 Å². The average Bonchev–Trinajstić information content (AvgIpc) is 2.68. The summed E-state index contributed by atoms with van der Waals surface area (Å²) in [7, 11) is 3.63. The third-order valence-electron chi connectivity index (χ3n) is 5.66. The largest absolute Gasteiger partial charge is 0.383 e. The van der Waals surface area contributed by atoms with Crippen molar-refractivity contribution < 1.29 is 9.47 Å². The molecule has 2 heterocycles. The molecule has 0 aliphatic carbocycles. The summed E-state index contributed by atoms with van der Waals surface area (Å²) in [5.41, 5.74) is 0.0914. The summed E-state index contributed by atoms with van der Waals surface area (Å²) in [4.78, 5) is 9.39. The van der Waals surface area contributed by atoms with Crippen molar-refractivity contribution in [3.8, 4) is 0 Å². The van der Waals surface area contributed by atoms with Gasteiger partial charge in [0.1, 0.15) is 0 Å². The smallest absolute Gasteiger partial charge is 0.191 e. The van der Waals surface area contributed by atoms with Gasteiger partial charge in [-0.15, -0.1) is 24.0 Å². The topological polar surface area (TPSA) is 61.4 Å². The molecule has 0 bridgehead atoms. The van der Waals surface area contributed by atoms with Gasteiger partial charge in [-0.1, -0.05) is 0 Å². The number of morpholine rings is 1. The first-order valence-electron chi connectivity index (χ1n) is 10.0. The molecule has 0 radical (unpaired) electrons. The molecule has 0 amide bonds. The summed E-state index contributed by atoms with van der Waals surface area (Å²) >= 11 is 0. The van der Waals surface area contributed by atoms with Gasteiger partial charge < -0.3 is 25.0 Å². The first-order chi connectivity index (χ1) is 12.5. The lowest BCUT2D eigenvalue weighted by Gasteiger charge is -2.41. The number of aliphatic imine (C=N–C) groups is 1. The summed E-state index contributed by atoms with van der Waals surface area (Å²) in [5.74, 6) is 1.63. The SMILES string of the molecule is CN=C(NCC1CCN(CCOC)CC1)NCC(C)(C)N1CCOCC1.I. The molecule has 27 heavy (non-hydrogen) atoms. The number of rotatable bonds is 8. The number of hydrogen-bond acceptors (Lipinski definition) is 5. The van der Waals surface area contributed by atoms with Crippen molar-refractivity contribution in [2.24, 2.45) is 10.9 Å². The minimum absolute atomic E-state index is 0. The second-order valence-corrected chi connectivity index (χ2v) is 8.00. The van der Waals surface area contributed by atoms with Crippen molar-refractivity contribution in [2.75, 3.05) is 79.8 Å². The van der Waals surface area contributed by atoms with Gasteiger partial charge in [-0.05, 0) is 45.7 Å². The third-order valence-corrected chi connectivity index (χ3v) is 5.66. The summed E-state index contributed by atoms with van der Waals surface area (Å²) in [6.45, 7) is 14.3. The maximum atomic E-state index is 5.47. The monoisotopic (exact) mass is 497 g/mol. The van der Waals surface area contributed by atoms with Crippen LogP contribution < -0.4 is 10.6 Å². The van der Waals surface area contributed by atoms with Crippen LogP contribution in [0.4, 0.5) is 0 Å². The predicted octanol–water partition coefficient (Wildman–Crippen LogP) is 1.24. The molecule has 2 N–H and O–H groups in total. The molecule has 0 atom stereocenters. The van der Waals surface area contributed by atoms with Gasteiger partial charge in [0.25, 0.3) is 0 Å². The van der Waals surface area contributed by atoms with Crippen LogP contribution in [0, 0.1) is 5.92 Å². The zero-order valence-corrected chi connectivity index (χ0v) is 20.0. The van der Waals surface area contributed by atoms with E-state index in [0.29, 0.717) is 0 Å². The average molecular weight is 497 g/mol. The van der Waals surface area contributed by atoms with Crippen LogP contribution in [0.15, 0.2) is 4.99 Å². The summed E-state index contributed by atoms with van der Waals surface area (Å²) in [5, 5.41) is 7.04. The molecule has 0 spiro atoms. The van der Waals surface area contributed by atoms with E-state index < -0.39 is 0 Å². The molecule has 0 unspecified atom stereocenters. The van der Waals surface area contributed by atoms with Crippen LogP contribution in [-0.4, -0.2) is 101 Å². The highest BCUT2D eigenvalue weighted by molar-refractivity contribution is 14.0. The fourth-order valence-electron chi connectivity index (χ4n) is 3.68. The van der Waals surface area contributed by atoms with E-state index in [-0.39, 0.29) is 29.5 Å². The Hall–Kier alpha value is -0.160. The summed E-state index contributed by atoms with van der Waals surface area (Å²) < 4.78 is 10.6. The van der Waals surface area contributed by atoms with E-state index in [2.05, 4.69) is 39.3 Å². The molecule has 2 rings (SSSR count). The molecule has 7 nitrogen and oxygen atoms in total. The van der Waals surface area contributed by atoms with E-state index in [1.54, 1.807) is 7.11 Å². The molecule has 0 aromatic rings. The Kier molecular flexibility index (Phi) is 12.1. The van der Waals surface area contributed by atoms with Crippen LogP contribution in [0.25, 0.3) is 0 Å². The highest BCUT2D eigenvalue weighted by Crippen LogP contribution is 2.16. The van der Waals surface area contributed by atoms with Gasteiger partial charge in [0.2, 0.25) is 0 Å². The lowest BCUT2D eigenvalue weighted by molar-refractivity contribution is -0.00834. The number of methoxy groups -OCH3 is 1. The number of hydrogen-bond donors (Lipinski definition) is 2. The first kappa shape index (κ1) is 24.9. The molecule has 2 aliphatic heterocycles. The molecule has 0 saturated carbocycles. The molecular weight excluding hydrogens is 457 g/mol. The Labute approximate surface area is 182 Å². The number of nitrogens with one attached hydrogen (secondary N) is 2. The molecule has 0 aromatic heterocycles. The lowest BCUT2D eigenvalue weighted by atomic mass is 9.97. The Morgan fingerprint density at radius 2 is 1.81 bits per heavy atom. The third kappa shape index (κ3) is 8.81. The van der Waals surface area contributed by atoms with Gasteiger partial charge in [0.15, 0.2) is 5.96 Å². The van der Waals surface area contributed by atoms with E-state index in [4.69, 9.17) is 9.47 Å². The van der Waals surface area contributed by atoms with E-state index in [1.807, 2.05) is 7.05 Å². The van der Waals surface area contributed by atoms with Crippen molar-refractivity contribution in [1.82, 2.24) is 20.4 Å². The lowest BCUT2D eigenvalue weighted by Crippen LogP contribution is -2.56. The number of likely N-dealkylation sites (tertiary alicyclic amines) is 1. The molecule has 0 aromatic carbocycles. The van der Waals surface area contributed by atoms with E-state index in [9.17, 15) is 0 Å². The van der Waals surface area contributed by atoms with Gasteiger partial charge >= 0.3 is 0 Å². The highest BCUT2D eigenvalue weighted by Gasteiger charge is 2.28. The van der Waals surface area contributed by atoms with Gasteiger partial charge in [0, 0.05) is 52.4 Å². The fraction of sp³-hybridized carbons (Fsp3) is 0.947. The number of ether oxygens (including phenoxy) is 2. The number of halogens is 1. The van der Waals surface area contributed by atoms with Crippen molar-refractivity contribution in [1.29, 1.82) is 0 Å². The predicted molar refractivity (Wildman–Crippen MR) is 122 cm³/mol. The zero-order valence-electron chi connectivity index (χ0n) is 17.6. The van der Waals surface area contributed by atoms with Gasteiger partial charge in [-0.2, -0.15) is 0 Å². The Bertz CT molecular complexity index is 422. The number of nitrogens with zero attached hydrogens (tertiary/aromatic N) is 3. The molecule has 8 heteroatoms. The zero-order chi connectivity index (χ0) is 18.8. The standard InChI is InChI=1S/C19H39N5O2.HI/c1-19(2,24-10-13-26-14-11-24)16-22-18(20-3)21-15-17-5-7-23(8-6-17)9-12-25-4;/h17H,5-16H2,1-4H3,(H2,20,21,22);1H. The Morgan fingerprint density at radius 3 is 2.41 bits per heavy atom. The number of piperidine rings is 1. The van der Waals surface area contributed by atoms with Crippen molar-refractivity contribution in [3.63, 3.8) is 0 Å². The van der Waals surface area contributed by atoms with Crippen LogP contribution in [0.2, 0.25) is 0 Å². The molecule has 2 saturated heterocycles. The van der Waals surface area contributed by atoms with Crippen molar-refractivity contribution in [3.05, 3.63) is 0 Å². The van der Waals surface area contributed by atoms with Gasteiger partial charge in [-0.3, -0.25) is 9.89 Å². The van der Waals surface area contributed by atoms with Crippen LogP contribution in [0.3, 0.4) is 0 Å².